The van der Waals surface area contributed by atoms with E-state index in [1.807, 2.05) is 12.1 Å². The van der Waals surface area contributed by atoms with Gasteiger partial charge in [-0.2, -0.15) is 0 Å². The highest BCUT2D eigenvalue weighted by Gasteiger charge is 2.07. The van der Waals surface area contributed by atoms with Gasteiger partial charge in [0, 0.05) is 19.3 Å². The molecule has 3 heteroatoms. The molecule has 0 saturated heterocycles. The molecule has 3 nitrogen and oxygen atoms in total. The SMILES string of the molecule is COc1cccc(CN(C)c2ccc(CCN)cc2C)c1. The van der Waals surface area contributed by atoms with E-state index in [0.717, 1.165) is 18.7 Å². The van der Waals surface area contributed by atoms with E-state index in [4.69, 9.17) is 10.5 Å². The number of hydrogen-bond acceptors (Lipinski definition) is 3. The molecule has 0 aliphatic rings. The zero-order valence-corrected chi connectivity index (χ0v) is 13.1. The highest BCUT2D eigenvalue weighted by molar-refractivity contribution is 5.54. The molecule has 0 aliphatic carbocycles. The maximum atomic E-state index is 5.62. The van der Waals surface area contributed by atoms with Crippen molar-refractivity contribution in [3.05, 3.63) is 59.2 Å². The van der Waals surface area contributed by atoms with Gasteiger partial charge in [-0.1, -0.05) is 24.3 Å². The van der Waals surface area contributed by atoms with Crippen molar-refractivity contribution in [2.45, 2.75) is 19.9 Å². The molecule has 21 heavy (non-hydrogen) atoms. The van der Waals surface area contributed by atoms with Crippen molar-refractivity contribution in [1.82, 2.24) is 0 Å². The molecule has 0 spiro atoms. The molecule has 0 amide bonds. The minimum atomic E-state index is 0.693. The first-order valence-corrected chi connectivity index (χ1v) is 7.27. The minimum Gasteiger partial charge on any atom is -0.497 e. The van der Waals surface area contributed by atoms with Gasteiger partial charge in [0.1, 0.15) is 5.75 Å². The second kappa shape index (κ2) is 7.14. The Morgan fingerprint density at radius 3 is 2.57 bits per heavy atom. The van der Waals surface area contributed by atoms with Gasteiger partial charge in [0.25, 0.3) is 0 Å². The Labute approximate surface area is 127 Å². The Bertz CT molecular complexity index is 596. The molecule has 0 atom stereocenters. The van der Waals surface area contributed by atoms with Crippen molar-refractivity contribution in [3.8, 4) is 5.75 Å². The number of anilines is 1. The van der Waals surface area contributed by atoms with Crippen LogP contribution in [-0.2, 0) is 13.0 Å². The summed E-state index contributed by atoms with van der Waals surface area (Å²) in [5.74, 6) is 0.899. The quantitative estimate of drug-likeness (QED) is 0.885. The highest BCUT2D eigenvalue weighted by atomic mass is 16.5. The lowest BCUT2D eigenvalue weighted by atomic mass is 10.1. The summed E-state index contributed by atoms with van der Waals surface area (Å²) in [6.45, 7) is 3.70. The van der Waals surface area contributed by atoms with Crippen molar-refractivity contribution in [2.75, 3.05) is 25.6 Å². The van der Waals surface area contributed by atoms with Crippen LogP contribution in [0.1, 0.15) is 16.7 Å². The van der Waals surface area contributed by atoms with Crippen molar-refractivity contribution in [1.29, 1.82) is 0 Å². The molecule has 0 bridgehead atoms. The van der Waals surface area contributed by atoms with Crippen LogP contribution in [0.4, 0.5) is 5.69 Å². The molecule has 0 fully saturated rings. The predicted molar refractivity (Wildman–Crippen MR) is 89.0 cm³/mol. The number of ether oxygens (including phenoxy) is 1. The van der Waals surface area contributed by atoms with E-state index in [9.17, 15) is 0 Å². The zero-order chi connectivity index (χ0) is 15.2. The topological polar surface area (TPSA) is 38.5 Å². The van der Waals surface area contributed by atoms with Gasteiger partial charge in [-0.15, -0.1) is 0 Å². The van der Waals surface area contributed by atoms with E-state index in [1.54, 1.807) is 7.11 Å². The molecule has 2 aromatic rings. The number of nitrogens with two attached hydrogens (primary N) is 1. The van der Waals surface area contributed by atoms with E-state index >= 15 is 0 Å². The van der Waals surface area contributed by atoms with Crippen molar-refractivity contribution in [2.24, 2.45) is 5.73 Å². The van der Waals surface area contributed by atoms with Crippen molar-refractivity contribution < 1.29 is 4.74 Å². The third-order valence-electron chi connectivity index (χ3n) is 3.66. The molecule has 112 valence electrons. The molecule has 2 aromatic carbocycles. The van der Waals surface area contributed by atoms with Gasteiger partial charge in [-0.05, 0) is 54.8 Å². The fraction of sp³-hybridized carbons (Fsp3) is 0.333. The fourth-order valence-electron chi connectivity index (χ4n) is 2.60. The Hall–Kier alpha value is -2.00. The molecular formula is C18H24N2O. The predicted octanol–water partition coefficient (Wildman–Crippen LogP) is 3.14. The molecule has 0 aliphatic heterocycles. The van der Waals surface area contributed by atoms with Crippen LogP contribution in [0.15, 0.2) is 42.5 Å². The molecule has 2 rings (SSSR count). The first kappa shape index (κ1) is 15.4. The normalized spacial score (nSPS) is 10.5. The summed E-state index contributed by atoms with van der Waals surface area (Å²) < 4.78 is 5.28. The van der Waals surface area contributed by atoms with Gasteiger partial charge in [0.05, 0.1) is 7.11 Å². The molecule has 2 N–H and O–H groups in total. The van der Waals surface area contributed by atoms with Crippen molar-refractivity contribution in [3.63, 3.8) is 0 Å². The lowest BCUT2D eigenvalue weighted by Crippen LogP contribution is -2.17. The number of rotatable bonds is 6. The van der Waals surface area contributed by atoms with Gasteiger partial charge >= 0.3 is 0 Å². The maximum absolute atomic E-state index is 5.62. The summed E-state index contributed by atoms with van der Waals surface area (Å²) in [5, 5.41) is 0. The smallest absolute Gasteiger partial charge is 0.119 e. The Kier molecular flexibility index (Phi) is 5.23. The van der Waals surface area contributed by atoms with Crippen LogP contribution in [-0.4, -0.2) is 20.7 Å². The standard InChI is InChI=1S/C18H24N2O/c1-14-11-15(9-10-19)7-8-18(14)20(2)13-16-5-4-6-17(12-16)21-3/h4-8,11-12H,9-10,13,19H2,1-3H3. The molecule has 0 aromatic heterocycles. The summed E-state index contributed by atoms with van der Waals surface area (Å²) in [6, 6.07) is 14.8. The van der Waals surface area contributed by atoms with Gasteiger partial charge < -0.3 is 15.4 Å². The average Bonchev–Trinajstić information content (AvgIpc) is 2.47. The van der Waals surface area contributed by atoms with Crippen LogP contribution in [0.3, 0.4) is 0 Å². The first-order chi connectivity index (χ1) is 10.1. The largest absolute Gasteiger partial charge is 0.497 e. The summed E-state index contributed by atoms with van der Waals surface area (Å²) in [5.41, 5.74) is 10.7. The van der Waals surface area contributed by atoms with Gasteiger partial charge in [0.15, 0.2) is 0 Å². The molecule has 0 radical (unpaired) electrons. The first-order valence-electron chi connectivity index (χ1n) is 7.27. The number of methoxy groups -OCH3 is 1. The number of benzene rings is 2. The van der Waals surface area contributed by atoms with E-state index < -0.39 is 0 Å². The summed E-state index contributed by atoms with van der Waals surface area (Å²) in [4.78, 5) is 2.26. The molecule has 0 saturated carbocycles. The van der Waals surface area contributed by atoms with Crippen LogP contribution in [0.2, 0.25) is 0 Å². The Balaban J connectivity index is 2.14. The van der Waals surface area contributed by atoms with Crippen LogP contribution >= 0.6 is 0 Å². The van der Waals surface area contributed by atoms with Crippen LogP contribution in [0.25, 0.3) is 0 Å². The highest BCUT2D eigenvalue weighted by Crippen LogP contribution is 2.23. The van der Waals surface area contributed by atoms with Crippen LogP contribution < -0.4 is 15.4 Å². The van der Waals surface area contributed by atoms with Gasteiger partial charge in [-0.3, -0.25) is 0 Å². The van der Waals surface area contributed by atoms with Gasteiger partial charge in [-0.25, -0.2) is 0 Å². The molecular weight excluding hydrogens is 260 g/mol. The number of hydrogen-bond donors (Lipinski definition) is 1. The zero-order valence-electron chi connectivity index (χ0n) is 13.1. The summed E-state index contributed by atoms with van der Waals surface area (Å²) in [7, 11) is 3.81. The Morgan fingerprint density at radius 1 is 1.10 bits per heavy atom. The van der Waals surface area contributed by atoms with E-state index in [1.165, 1.54) is 22.4 Å². The fourth-order valence-corrected chi connectivity index (χ4v) is 2.60. The Morgan fingerprint density at radius 2 is 1.90 bits per heavy atom. The lowest BCUT2D eigenvalue weighted by Gasteiger charge is -2.22. The monoisotopic (exact) mass is 284 g/mol. The number of nitrogens with zero attached hydrogens (tertiary/aromatic N) is 1. The second-order valence-corrected chi connectivity index (χ2v) is 5.37. The third-order valence-corrected chi connectivity index (χ3v) is 3.66. The molecule has 0 heterocycles. The van der Waals surface area contributed by atoms with E-state index in [-0.39, 0.29) is 0 Å². The average molecular weight is 284 g/mol. The molecule has 0 unspecified atom stereocenters. The summed E-state index contributed by atoms with van der Waals surface area (Å²) in [6.07, 6.45) is 0.931. The van der Waals surface area contributed by atoms with E-state index in [2.05, 4.69) is 49.2 Å². The van der Waals surface area contributed by atoms with Crippen molar-refractivity contribution >= 4 is 5.69 Å². The van der Waals surface area contributed by atoms with E-state index in [0.29, 0.717) is 6.54 Å². The maximum Gasteiger partial charge on any atom is 0.119 e. The lowest BCUT2D eigenvalue weighted by molar-refractivity contribution is 0.414. The number of aryl methyl sites for hydroxylation is 1. The van der Waals surface area contributed by atoms with Crippen LogP contribution in [0.5, 0.6) is 5.75 Å². The summed E-state index contributed by atoms with van der Waals surface area (Å²) >= 11 is 0. The third kappa shape index (κ3) is 3.99. The second-order valence-electron chi connectivity index (χ2n) is 5.37. The van der Waals surface area contributed by atoms with Gasteiger partial charge in [0.2, 0.25) is 0 Å². The van der Waals surface area contributed by atoms with Crippen LogP contribution in [0, 0.1) is 6.92 Å². The minimum absolute atomic E-state index is 0.693.